The van der Waals surface area contributed by atoms with Crippen molar-refractivity contribution in [2.75, 3.05) is 0 Å². The molecule has 0 saturated carbocycles. The van der Waals surface area contributed by atoms with Crippen LogP contribution in [0.3, 0.4) is 0 Å². The molecule has 0 unspecified atom stereocenters. The molecule has 70 valence electrons. The predicted molar refractivity (Wildman–Crippen MR) is 50.4 cm³/mol. The summed E-state index contributed by atoms with van der Waals surface area (Å²) in [6, 6.07) is 4.35. The molecule has 0 amide bonds. The lowest BCUT2D eigenvalue weighted by molar-refractivity contribution is -0.118. The third-order valence-electron chi connectivity index (χ3n) is 1.78. The molecule has 0 spiro atoms. The van der Waals surface area contributed by atoms with E-state index in [1.54, 1.807) is 13.0 Å². The quantitative estimate of drug-likeness (QED) is 0.733. The number of halogens is 2. The zero-order valence-electron chi connectivity index (χ0n) is 7.31. The highest BCUT2D eigenvalue weighted by Crippen LogP contribution is 2.16. The maximum atomic E-state index is 12.7. The Morgan fingerprint density at radius 1 is 1.54 bits per heavy atom. The average Bonchev–Trinajstić information content (AvgIpc) is 2.11. The molecule has 0 atom stereocenters. The van der Waals surface area contributed by atoms with Gasteiger partial charge in [0, 0.05) is 12.8 Å². The van der Waals surface area contributed by atoms with Crippen LogP contribution in [-0.2, 0) is 11.2 Å². The number of hydrogen-bond donors (Lipinski definition) is 0. The summed E-state index contributed by atoms with van der Waals surface area (Å²) in [5.41, 5.74) is 0.762. The highest BCUT2D eigenvalue weighted by atomic mass is 35.5. The molecule has 0 bridgehead atoms. The number of ketones is 1. The van der Waals surface area contributed by atoms with Crippen LogP contribution >= 0.6 is 11.6 Å². The first-order valence-corrected chi connectivity index (χ1v) is 4.47. The second kappa shape index (κ2) is 4.38. The summed E-state index contributed by atoms with van der Waals surface area (Å²) in [5, 5.41) is 0.0707. The second-order valence-corrected chi connectivity index (χ2v) is 3.22. The minimum atomic E-state index is -0.450. The lowest BCUT2D eigenvalue weighted by atomic mass is 10.1. The number of rotatable bonds is 3. The molecule has 0 N–H and O–H groups in total. The maximum Gasteiger partial charge on any atom is 0.141 e. The second-order valence-electron chi connectivity index (χ2n) is 2.82. The summed E-state index contributed by atoms with van der Waals surface area (Å²) in [4.78, 5) is 11.0. The van der Waals surface area contributed by atoms with Crippen LogP contribution in [0.5, 0.6) is 0 Å². The fourth-order valence-electron chi connectivity index (χ4n) is 1.00. The van der Waals surface area contributed by atoms with Gasteiger partial charge in [-0.05, 0) is 17.7 Å². The van der Waals surface area contributed by atoms with Crippen LogP contribution in [0, 0.1) is 5.82 Å². The van der Waals surface area contributed by atoms with Crippen LogP contribution in [-0.4, -0.2) is 5.78 Å². The predicted octanol–water partition coefficient (Wildman–Crippen LogP) is 3.00. The largest absolute Gasteiger partial charge is 0.299 e. The zero-order valence-corrected chi connectivity index (χ0v) is 8.07. The number of carbonyl (C=O) groups is 1. The summed E-state index contributed by atoms with van der Waals surface area (Å²) in [6.45, 7) is 1.80. The first kappa shape index (κ1) is 10.2. The minimum absolute atomic E-state index is 0.0707. The molecule has 0 aliphatic rings. The van der Waals surface area contributed by atoms with E-state index < -0.39 is 5.82 Å². The van der Waals surface area contributed by atoms with E-state index in [4.69, 9.17) is 11.6 Å². The number of benzene rings is 1. The monoisotopic (exact) mass is 200 g/mol. The van der Waals surface area contributed by atoms with Crippen LogP contribution in [0.1, 0.15) is 18.9 Å². The van der Waals surface area contributed by atoms with Gasteiger partial charge in [0.1, 0.15) is 11.6 Å². The summed E-state index contributed by atoms with van der Waals surface area (Å²) >= 11 is 5.55. The molecule has 0 fully saturated rings. The fraction of sp³-hybridized carbons (Fsp3) is 0.300. The highest BCUT2D eigenvalue weighted by molar-refractivity contribution is 6.30. The van der Waals surface area contributed by atoms with E-state index in [0.29, 0.717) is 12.8 Å². The van der Waals surface area contributed by atoms with E-state index in [9.17, 15) is 9.18 Å². The third-order valence-corrected chi connectivity index (χ3v) is 2.07. The Hall–Kier alpha value is -0.890. The smallest absolute Gasteiger partial charge is 0.141 e. The van der Waals surface area contributed by atoms with Crippen LogP contribution < -0.4 is 0 Å². The molecule has 0 radical (unpaired) electrons. The van der Waals surface area contributed by atoms with E-state index >= 15 is 0 Å². The van der Waals surface area contributed by atoms with Crippen molar-refractivity contribution in [3.05, 3.63) is 34.6 Å². The van der Waals surface area contributed by atoms with Gasteiger partial charge in [0.15, 0.2) is 0 Å². The van der Waals surface area contributed by atoms with E-state index in [1.807, 2.05) is 0 Å². The number of carbonyl (C=O) groups excluding carboxylic acids is 1. The normalized spacial score (nSPS) is 10.1. The Morgan fingerprint density at radius 2 is 2.23 bits per heavy atom. The molecular formula is C10H10ClFO. The molecule has 3 heteroatoms. The fourth-order valence-corrected chi connectivity index (χ4v) is 1.21. The standard InChI is InChI=1S/C10H10ClFO/c1-2-8(13)5-7-3-4-10(12)9(11)6-7/h3-4,6H,2,5H2,1H3. The molecule has 0 aliphatic heterocycles. The van der Waals surface area contributed by atoms with E-state index in [1.165, 1.54) is 12.1 Å². The summed E-state index contributed by atoms with van der Waals surface area (Å²) in [7, 11) is 0. The Morgan fingerprint density at radius 3 is 2.77 bits per heavy atom. The lowest BCUT2D eigenvalue weighted by Gasteiger charge is -2.00. The molecule has 1 rings (SSSR count). The van der Waals surface area contributed by atoms with Gasteiger partial charge in [-0.1, -0.05) is 24.6 Å². The van der Waals surface area contributed by atoms with Gasteiger partial charge >= 0.3 is 0 Å². The van der Waals surface area contributed by atoms with E-state index in [2.05, 4.69) is 0 Å². The Bertz CT molecular complexity index is 323. The molecular weight excluding hydrogens is 191 g/mol. The topological polar surface area (TPSA) is 17.1 Å². The Balaban J connectivity index is 2.79. The van der Waals surface area contributed by atoms with Gasteiger partial charge in [0.2, 0.25) is 0 Å². The lowest BCUT2D eigenvalue weighted by Crippen LogP contribution is -2.00. The van der Waals surface area contributed by atoms with E-state index in [0.717, 1.165) is 5.56 Å². The first-order chi connectivity index (χ1) is 6.13. The Kier molecular flexibility index (Phi) is 3.43. The molecule has 1 aromatic carbocycles. The molecule has 1 nitrogen and oxygen atoms in total. The van der Waals surface area contributed by atoms with Crippen molar-refractivity contribution in [3.8, 4) is 0 Å². The van der Waals surface area contributed by atoms with E-state index in [-0.39, 0.29) is 10.8 Å². The van der Waals surface area contributed by atoms with Crippen molar-refractivity contribution in [2.45, 2.75) is 19.8 Å². The molecule has 0 aliphatic carbocycles. The molecule has 0 aromatic heterocycles. The summed E-state index contributed by atoms with van der Waals surface area (Å²) in [6.07, 6.45) is 0.825. The summed E-state index contributed by atoms with van der Waals surface area (Å²) < 4.78 is 12.7. The van der Waals surface area contributed by atoms with Gasteiger partial charge < -0.3 is 0 Å². The summed E-state index contributed by atoms with van der Waals surface area (Å²) in [5.74, 6) is -0.322. The van der Waals surface area contributed by atoms with Crippen molar-refractivity contribution < 1.29 is 9.18 Å². The SMILES string of the molecule is CCC(=O)Cc1ccc(F)c(Cl)c1. The highest BCUT2D eigenvalue weighted by Gasteiger charge is 2.04. The first-order valence-electron chi connectivity index (χ1n) is 4.09. The zero-order chi connectivity index (χ0) is 9.84. The van der Waals surface area contributed by atoms with Crippen molar-refractivity contribution in [1.82, 2.24) is 0 Å². The van der Waals surface area contributed by atoms with Crippen molar-refractivity contribution in [2.24, 2.45) is 0 Å². The third kappa shape index (κ3) is 2.81. The van der Waals surface area contributed by atoms with Crippen molar-refractivity contribution >= 4 is 17.4 Å². The van der Waals surface area contributed by atoms with Crippen molar-refractivity contribution in [3.63, 3.8) is 0 Å². The van der Waals surface area contributed by atoms with Crippen LogP contribution in [0.2, 0.25) is 5.02 Å². The molecule has 0 heterocycles. The average molecular weight is 201 g/mol. The van der Waals surface area contributed by atoms with Gasteiger partial charge in [-0.25, -0.2) is 4.39 Å². The number of hydrogen-bond acceptors (Lipinski definition) is 1. The minimum Gasteiger partial charge on any atom is -0.299 e. The van der Waals surface area contributed by atoms with Crippen molar-refractivity contribution in [1.29, 1.82) is 0 Å². The molecule has 0 saturated heterocycles. The van der Waals surface area contributed by atoms with Crippen LogP contribution in [0.4, 0.5) is 4.39 Å². The van der Waals surface area contributed by atoms with Gasteiger partial charge in [-0.15, -0.1) is 0 Å². The van der Waals surface area contributed by atoms with Gasteiger partial charge in [-0.3, -0.25) is 4.79 Å². The van der Waals surface area contributed by atoms with Gasteiger partial charge in [0.25, 0.3) is 0 Å². The van der Waals surface area contributed by atoms with Crippen LogP contribution in [0.25, 0.3) is 0 Å². The maximum absolute atomic E-state index is 12.7. The van der Waals surface area contributed by atoms with Gasteiger partial charge in [-0.2, -0.15) is 0 Å². The molecule has 13 heavy (non-hydrogen) atoms. The number of Topliss-reactive ketones (excluding diaryl/α,β-unsaturated/α-hetero) is 1. The van der Waals surface area contributed by atoms with Crippen LogP contribution in [0.15, 0.2) is 18.2 Å². The van der Waals surface area contributed by atoms with Gasteiger partial charge in [0.05, 0.1) is 5.02 Å². The Labute approximate surface area is 81.5 Å². The molecule has 1 aromatic rings.